The van der Waals surface area contributed by atoms with E-state index in [1.54, 1.807) is 30.7 Å². The molecule has 2 heterocycles. The quantitative estimate of drug-likeness (QED) is 0.494. The van der Waals surface area contributed by atoms with Gasteiger partial charge in [0.15, 0.2) is 0 Å². The zero-order chi connectivity index (χ0) is 20.5. The minimum Gasteiger partial charge on any atom is -0.422 e. The van der Waals surface area contributed by atoms with E-state index in [4.69, 9.17) is 4.42 Å². The first-order valence-corrected chi connectivity index (χ1v) is 9.88. The number of fused-ring (bicyclic) bond motifs is 1. The fourth-order valence-electron chi connectivity index (χ4n) is 3.41. The number of rotatable bonds is 4. The Morgan fingerprint density at radius 1 is 1.17 bits per heavy atom. The first kappa shape index (κ1) is 21.2. The molecule has 4 aromatic rings. The molecule has 0 radical (unpaired) electrons. The molecule has 9 heteroatoms. The fourth-order valence-corrected chi connectivity index (χ4v) is 3.69. The van der Waals surface area contributed by atoms with Crippen molar-refractivity contribution in [2.45, 2.75) is 13.3 Å². The summed E-state index contributed by atoms with van der Waals surface area (Å²) < 4.78 is 32.6. The minimum atomic E-state index is -2.53. The van der Waals surface area contributed by atoms with Crippen LogP contribution in [0.3, 0.4) is 0 Å². The first-order chi connectivity index (χ1) is 13.9. The van der Waals surface area contributed by atoms with E-state index >= 15 is 0 Å². The van der Waals surface area contributed by atoms with Gasteiger partial charge in [0.25, 0.3) is 0 Å². The highest BCUT2D eigenvalue weighted by Gasteiger charge is 2.14. The number of aromatic nitrogens is 2. The maximum absolute atomic E-state index is 12.7. The van der Waals surface area contributed by atoms with Crippen molar-refractivity contribution in [1.29, 1.82) is 0 Å². The molecule has 4 rings (SSSR count). The predicted molar refractivity (Wildman–Crippen MR) is 115 cm³/mol. The lowest BCUT2D eigenvalue weighted by Gasteiger charge is -2.10. The Morgan fingerprint density at radius 2 is 1.97 bits per heavy atom. The van der Waals surface area contributed by atoms with Crippen LogP contribution in [0.15, 0.2) is 68.6 Å². The molecule has 2 aromatic carbocycles. The van der Waals surface area contributed by atoms with Crippen LogP contribution in [-0.2, 0) is 24.0 Å². The summed E-state index contributed by atoms with van der Waals surface area (Å²) in [4.78, 5) is 16.8. The van der Waals surface area contributed by atoms with Gasteiger partial charge in [-0.25, -0.2) is 9.78 Å². The van der Waals surface area contributed by atoms with Crippen molar-refractivity contribution < 1.29 is 12.8 Å². The maximum Gasteiger partial charge on any atom is 0.340 e. The van der Waals surface area contributed by atoms with Gasteiger partial charge in [-0.15, -0.1) is 4.36 Å². The highest BCUT2D eigenvalue weighted by atomic mass is 32.2. The second-order valence-electron chi connectivity index (χ2n) is 6.75. The summed E-state index contributed by atoms with van der Waals surface area (Å²) >= 11 is 0. The van der Waals surface area contributed by atoms with Gasteiger partial charge in [-0.05, 0) is 36.2 Å². The van der Waals surface area contributed by atoms with Crippen LogP contribution in [0.2, 0.25) is 0 Å². The molecular weight excluding hydrogens is 404 g/mol. The van der Waals surface area contributed by atoms with E-state index in [0.29, 0.717) is 23.3 Å². The molecule has 0 fully saturated rings. The van der Waals surface area contributed by atoms with Gasteiger partial charge >= 0.3 is 16.1 Å². The molecule has 0 aliphatic heterocycles. The van der Waals surface area contributed by atoms with Crippen molar-refractivity contribution in [2.24, 2.45) is 11.4 Å². The molecular formula is C21H20N4O4S. The second-order valence-corrected chi connectivity index (χ2v) is 7.37. The van der Waals surface area contributed by atoms with Gasteiger partial charge in [-0.2, -0.15) is 8.42 Å². The Morgan fingerprint density at radius 3 is 2.67 bits per heavy atom. The Hall–Kier alpha value is -3.56. The molecule has 2 aromatic heterocycles. The van der Waals surface area contributed by atoms with Gasteiger partial charge in [0.05, 0.1) is 23.9 Å². The molecule has 0 atom stereocenters. The van der Waals surface area contributed by atoms with Gasteiger partial charge in [0.1, 0.15) is 5.58 Å². The average molecular weight is 424 g/mol. The summed E-state index contributed by atoms with van der Waals surface area (Å²) in [7, 11) is -0.624. The van der Waals surface area contributed by atoms with E-state index in [9.17, 15) is 13.2 Å². The van der Waals surface area contributed by atoms with Crippen molar-refractivity contribution in [3.05, 3.63) is 82.1 Å². The van der Waals surface area contributed by atoms with E-state index in [1.165, 1.54) is 0 Å². The molecule has 0 spiro atoms. The largest absolute Gasteiger partial charge is 0.422 e. The van der Waals surface area contributed by atoms with Gasteiger partial charge in [0, 0.05) is 30.0 Å². The van der Waals surface area contributed by atoms with E-state index in [0.717, 1.165) is 27.8 Å². The van der Waals surface area contributed by atoms with Crippen LogP contribution in [0.4, 0.5) is 5.69 Å². The zero-order valence-electron chi connectivity index (χ0n) is 16.5. The van der Waals surface area contributed by atoms with Crippen LogP contribution < -0.4 is 11.8 Å². The fraction of sp³-hybridized carbons (Fsp3) is 0.143. The molecule has 0 amide bonds. The number of hydrogen-bond acceptors (Lipinski definition) is 7. The van der Waals surface area contributed by atoms with Crippen molar-refractivity contribution in [1.82, 2.24) is 15.7 Å². The number of nitrogens with zero attached hydrogens (tertiary/aromatic N) is 3. The van der Waals surface area contributed by atoms with Crippen LogP contribution in [0.1, 0.15) is 16.7 Å². The van der Waals surface area contributed by atoms with Gasteiger partial charge < -0.3 is 15.1 Å². The van der Waals surface area contributed by atoms with Crippen LogP contribution >= 0.6 is 0 Å². The topological polar surface area (TPSA) is 130 Å². The number of hydrogen-bond donors (Lipinski definition) is 1. The average Bonchev–Trinajstić information content (AvgIpc) is 3.10. The van der Waals surface area contributed by atoms with E-state index in [1.807, 2.05) is 42.8 Å². The van der Waals surface area contributed by atoms with Gasteiger partial charge in [-0.1, -0.05) is 24.3 Å². The van der Waals surface area contributed by atoms with E-state index in [-0.39, 0.29) is 6.15 Å². The van der Waals surface area contributed by atoms with Gasteiger partial charge in [0.2, 0.25) is 0 Å². The molecule has 0 aliphatic carbocycles. The molecule has 0 aliphatic rings. The molecule has 3 N–H and O–H groups in total. The number of benzene rings is 2. The summed E-state index contributed by atoms with van der Waals surface area (Å²) in [5.41, 5.74) is 4.40. The second kappa shape index (κ2) is 8.44. The first-order valence-electron chi connectivity index (χ1n) is 8.85. The zero-order valence-corrected chi connectivity index (χ0v) is 17.3. The Bertz CT molecular complexity index is 1430. The standard InChI is InChI=1S/C21H17N3O4S.H3N/c1-13-17-7-6-15(19-11-22-12-24(19)2)10-20(17)28-21(25)18(13)9-14-4-3-5-16(8-14)23-29(26)27;/h3-8,10-12H,9H2,1-2H3;1H3. The Balaban J connectivity index is 0.00000256. The third-order valence-corrected chi connectivity index (χ3v) is 5.23. The van der Waals surface area contributed by atoms with Crippen molar-refractivity contribution in [3.8, 4) is 11.3 Å². The van der Waals surface area contributed by atoms with Crippen LogP contribution in [-0.4, -0.2) is 18.0 Å². The van der Waals surface area contributed by atoms with Crippen molar-refractivity contribution >= 4 is 27.2 Å². The smallest absolute Gasteiger partial charge is 0.340 e. The predicted octanol–water partition coefficient (Wildman–Crippen LogP) is 3.95. The third-order valence-electron chi connectivity index (χ3n) is 4.87. The Kier molecular flexibility index (Phi) is 5.95. The third kappa shape index (κ3) is 4.07. The molecule has 0 saturated carbocycles. The number of imidazole rings is 1. The SMILES string of the molecule is Cc1c(Cc2cccc(N=S(=O)=O)c2)c(=O)oc2cc(-c3cncn3C)ccc12.N. The molecule has 0 bridgehead atoms. The highest BCUT2D eigenvalue weighted by Crippen LogP contribution is 2.27. The van der Waals surface area contributed by atoms with Crippen molar-refractivity contribution in [3.63, 3.8) is 0 Å². The Labute approximate surface area is 174 Å². The lowest BCUT2D eigenvalue weighted by Crippen LogP contribution is -2.11. The highest BCUT2D eigenvalue weighted by molar-refractivity contribution is 7.61. The van der Waals surface area contributed by atoms with Crippen LogP contribution in [0.5, 0.6) is 0 Å². The summed E-state index contributed by atoms with van der Waals surface area (Å²) in [5, 5.41) is 0.854. The van der Waals surface area contributed by atoms with Gasteiger partial charge in [-0.3, -0.25) is 0 Å². The summed E-state index contributed by atoms with van der Waals surface area (Å²) in [6.45, 7) is 1.89. The molecule has 0 unspecified atom stereocenters. The number of aryl methyl sites for hydroxylation is 2. The van der Waals surface area contributed by atoms with Crippen LogP contribution in [0.25, 0.3) is 22.2 Å². The summed E-state index contributed by atoms with van der Waals surface area (Å²) in [6, 6.07) is 12.5. The minimum absolute atomic E-state index is 0. The monoisotopic (exact) mass is 424 g/mol. The lowest BCUT2D eigenvalue weighted by atomic mass is 9.98. The molecule has 8 nitrogen and oxygen atoms in total. The summed E-state index contributed by atoms with van der Waals surface area (Å²) in [5.74, 6) is 0. The lowest BCUT2D eigenvalue weighted by molar-refractivity contribution is 0.551. The summed E-state index contributed by atoms with van der Waals surface area (Å²) in [6.07, 6.45) is 3.79. The molecule has 30 heavy (non-hydrogen) atoms. The van der Waals surface area contributed by atoms with Crippen molar-refractivity contribution in [2.75, 3.05) is 0 Å². The maximum atomic E-state index is 12.7. The van der Waals surface area contributed by atoms with E-state index < -0.39 is 16.1 Å². The normalized spacial score (nSPS) is 10.6. The molecule has 0 saturated heterocycles. The van der Waals surface area contributed by atoms with E-state index in [2.05, 4.69) is 9.35 Å². The van der Waals surface area contributed by atoms with Crippen LogP contribution in [0, 0.1) is 6.92 Å². The molecule has 154 valence electrons.